The monoisotopic (exact) mass is 431 g/mol. The number of thiophene rings is 1. The van der Waals surface area contributed by atoms with Crippen LogP contribution in [0.25, 0.3) is 21.6 Å². The number of ether oxygens (including phenoxy) is 1. The van der Waals surface area contributed by atoms with E-state index in [1.165, 1.54) is 0 Å². The molecule has 0 unspecified atom stereocenters. The molecule has 8 heteroatoms. The van der Waals surface area contributed by atoms with Gasteiger partial charge in [-0.2, -0.15) is 0 Å². The summed E-state index contributed by atoms with van der Waals surface area (Å²) in [6.07, 6.45) is 0. The molecule has 1 saturated heterocycles. The van der Waals surface area contributed by atoms with Crippen LogP contribution in [0.5, 0.6) is 0 Å². The van der Waals surface area contributed by atoms with Gasteiger partial charge >= 0.3 is 6.03 Å². The Bertz CT molecular complexity index is 1190. The molecule has 2 N–H and O–H groups in total. The van der Waals surface area contributed by atoms with Crippen LogP contribution in [0.2, 0.25) is 0 Å². The smallest absolute Gasteiger partial charge is 0.323 e. The average Bonchev–Trinajstić information content (AvgIpc) is 3.29. The third-order valence-electron chi connectivity index (χ3n) is 5.03. The van der Waals surface area contributed by atoms with Gasteiger partial charge in [-0.05, 0) is 47.8 Å². The van der Waals surface area contributed by atoms with E-state index in [-0.39, 0.29) is 6.03 Å². The first kappa shape index (κ1) is 19.5. The number of carbonyl (C=O) groups excluding carboxylic acids is 1. The molecule has 0 aliphatic carbocycles. The maximum atomic E-state index is 12.2. The second-order valence-corrected chi connectivity index (χ2v) is 8.04. The second-order valence-electron chi connectivity index (χ2n) is 7.13. The Hall–Kier alpha value is -3.49. The molecule has 1 aliphatic rings. The Balaban J connectivity index is 1.36. The third-order valence-corrected chi connectivity index (χ3v) is 5.93. The Morgan fingerprint density at radius 3 is 2.35 bits per heavy atom. The fraction of sp³-hybridized carbons (Fsp3) is 0.174. The maximum Gasteiger partial charge on any atom is 0.323 e. The van der Waals surface area contributed by atoms with Crippen LogP contribution in [0.4, 0.5) is 22.0 Å². The molecule has 0 radical (unpaired) electrons. The van der Waals surface area contributed by atoms with E-state index >= 15 is 0 Å². The standard InChI is InChI=1S/C23H21N5O2S/c29-23(24-17-4-2-1-3-5-17)25-18-8-6-16(7-9-18)21-26-19-10-15-31-20(19)22(27-21)28-11-13-30-14-12-28/h1-10,15H,11-14H2,(H2,24,25,29). The van der Waals surface area contributed by atoms with Crippen LogP contribution < -0.4 is 15.5 Å². The molecular weight excluding hydrogens is 410 g/mol. The van der Waals surface area contributed by atoms with Crippen LogP contribution in [0.15, 0.2) is 66.0 Å². The summed E-state index contributed by atoms with van der Waals surface area (Å²) in [5.74, 6) is 1.63. The van der Waals surface area contributed by atoms with Crippen molar-refractivity contribution in [1.29, 1.82) is 0 Å². The van der Waals surface area contributed by atoms with Gasteiger partial charge in [0.05, 0.1) is 23.4 Å². The highest BCUT2D eigenvalue weighted by Gasteiger charge is 2.18. The number of rotatable bonds is 4. The molecule has 4 aromatic rings. The molecule has 2 aromatic carbocycles. The van der Waals surface area contributed by atoms with Crippen LogP contribution in [0.3, 0.4) is 0 Å². The quantitative estimate of drug-likeness (QED) is 0.483. The molecule has 31 heavy (non-hydrogen) atoms. The number of aromatic nitrogens is 2. The summed E-state index contributed by atoms with van der Waals surface area (Å²) in [4.78, 5) is 24.1. The van der Waals surface area contributed by atoms with Crippen LogP contribution >= 0.6 is 11.3 Å². The van der Waals surface area contributed by atoms with Gasteiger partial charge in [-0.15, -0.1) is 11.3 Å². The van der Waals surface area contributed by atoms with Gasteiger partial charge in [0, 0.05) is 30.0 Å². The van der Waals surface area contributed by atoms with Crippen molar-refractivity contribution >= 4 is 44.8 Å². The lowest BCUT2D eigenvalue weighted by molar-refractivity contribution is 0.122. The minimum atomic E-state index is -0.288. The van der Waals surface area contributed by atoms with E-state index in [9.17, 15) is 4.79 Å². The Morgan fingerprint density at radius 2 is 1.61 bits per heavy atom. The summed E-state index contributed by atoms with van der Waals surface area (Å²) in [5.41, 5.74) is 3.28. The number of anilines is 3. The molecule has 0 spiro atoms. The number of hydrogen-bond donors (Lipinski definition) is 2. The Labute approximate surface area is 183 Å². The number of morpholine rings is 1. The molecular formula is C23H21N5O2S. The summed E-state index contributed by atoms with van der Waals surface area (Å²) < 4.78 is 6.59. The topological polar surface area (TPSA) is 79.4 Å². The first-order valence-electron chi connectivity index (χ1n) is 10.1. The number of nitrogens with one attached hydrogen (secondary N) is 2. The van der Waals surface area contributed by atoms with Gasteiger partial charge in [0.2, 0.25) is 0 Å². The number of carbonyl (C=O) groups is 1. The molecule has 1 aliphatic heterocycles. The largest absolute Gasteiger partial charge is 0.378 e. The molecule has 7 nitrogen and oxygen atoms in total. The predicted octanol–water partition coefficient (Wildman–Crippen LogP) is 4.84. The number of para-hydroxylation sites is 1. The fourth-order valence-corrected chi connectivity index (χ4v) is 4.33. The molecule has 5 rings (SSSR count). The Morgan fingerprint density at radius 1 is 0.903 bits per heavy atom. The van der Waals surface area contributed by atoms with Gasteiger partial charge in [-0.25, -0.2) is 14.8 Å². The first-order chi connectivity index (χ1) is 15.3. The zero-order valence-electron chi connectivity index (χ0n) is 16.7. The van der Waals surface area contributed by atoms with Crippen molar-refractivity contribution in [2.24, 2.45) is 0 Å². The van der Waals surface area contributed by atoms with Crippen molar-refractivity contribution < 1.29 is 9.53 Å². The van der Waals surface area contributed by atoms with Gasteiger partial charge in [-0.3, -0.25) is 0 Å². The van der Waals surface area contributed by atoms with Crippen molar-refractivity contribution in [1.82, 2.24) is 9.97 Å². The highest BCUT2D eigenvalue weighted by molar-refractivity contribution is 7.17. The molecule has 0 atom stereocenters. The second kappa shape index (κ2) is 8.71. The number of fused-ring (bicyclic) bond motifs is 1. The number of benzene rings is 2. The minimum Gasteiger partial charge on any atom is -0.378 e. The lowest BCUT2D eigenvalue weighted by Gasteiger charge is -2.28. The zero-order chi connectivity index (χ0) is 21.0. The fourth-order valence-electron chi connectivity index (χ4n) is 3.48. The van der Waals surface area contributed by atoms with Gasteiger partial charge in [0.15, 0.2) is 11.6 Å². The SMILES string of the molecule is O=C(Nc1ccccc1)Nc1ccc(-c2nc(N3CCOCC3)c3sccc3n2)cc1. The summed E-state index contributed by atoms with van der Waals surface area (Å²) >= 11 is 1.66. The normalized spacial score (nSPS) is 13.9. The lowest BCUT2D eigenvalue weighted by Crippen LogP contribution is -2.36. The summed E-state index contributed by atoms with van der Waals surface area (Å²) in [5, 5.41) is 7.70. The van der Waals surface area contributed by atoms with Crippen LogP contribution in [0, 0.1) is 0 Å². The molecule has 0 bridgehead atoms. The lowest BCUT2D eigenvalue weighted by atomic mass is 10.2. The Kier molecular flexibility index (Phi) is 5.47. The van der Waals surface area contributed by atoms with Crippen molar-refractivity contribution in [3.8, 4) is 11.4 Å². The van der Waals surface area contributed by atoms with Gasteiger partial charge in [0.25, 0.3) is 0 Å². The molecule has 1 fully saturated rings. The van der Waals surface area contributed by atoms with Gasteiger partial charge in [-0.1, -0.05) is 18.2 Å². The van der Waals surface area contributed by atoms with Gasteiger partial charge in [0.1, 0.15) is 0 Å². The van der Waals surface area contributed by atoms with Crippen molar-refractivity contribution in [2.45, 2.75) is 0 Å². The number of nitrogens with zero attached hydrogens (tertiary/aromatic N) is 3. The highest BCUT2D eigenvalue weighted by Crippen LogP contribution is 2.32. The number of amides is 2. The summed E-state index contributed by atoms with van der Waals surface area (Å²) in [7, 11) is 0. The molecule has 2 amide bonds. The van der Waals surface area contributed by atoms with Gasteiger partial charge < -0.3 is 20.3 Å². The first-order valence-corrected chi connectivity index (χ1v) is 11.0. The predicted molar refractivity (Wildman–Crippen MR) is 125 cm³/mol. The van der Waals surface area contributed by atoms with E-state index in [1.54, 1.807) is 11.3 Å². The van der Waals surface area contributed by atoms with Crippen molar-refractivity contribution in [3.63, 3.8) is 0 Å². The van der Waals surface area contributed by atoms with Crippen LogP contribution in [0.1, 0.15) is 0 Å². The minimum absolute atomic E-state index is 0.288. The molecule has 156 valence electrons. The van der Waals surface area contributed by atoms with Crippen molar-refractivity contribution in [3.05, 3.63) is 66.0 Å². The zero-order valence-corrected chi connectivity index (χ0v) is 17.6. The van der Waals surface area contributed by atoms with E-state index in [2.05, 4.69) is 15.5 Å². The van der Waals surface area contributed by atoms with E-state index in [0.29, 0.717) is 24.7 Å². The van der Waals surface area contributed by atoms with Crippen molar-refractivity contribution in [2.75, 3.05) is 41.8 Å². The molecule has 0 saturated carbocycles. The van der Waals surface area contributed by atoms with E-state index < -0.39 is 0 Å². The highest BCUT2D eigenvalue weighted by atomic mass is 32.1. The molecule has 3 heterocycles. The third kappa shape index (κ3) is 4.35. The number of urea groups is 1. The average molecular weight is 432 g/mol. The molecule has 2 aromatic heterocycles. The van der Waals surface area contributed by atoms with Crippen LogP contribution in [-0.2, 0) is 4.74 Å². The summed E-state index contributed by atoms with van der Waals surface area (Å²) in [6.45, 7) is 3.06. The number of hydrogen-bond acceptors (Lipinski definition) is 6. The summed E-state index contributed by atoms with van der Waals surface area (Å²) in [6, 6.07) is 18.6. The van der Waals surface area contributed by atoms with E-state index in [0.717, 1.165) is 40.4 Å². The van der Waals surface area contributed by atoms with E-state index in [4.69, 9.17) is 14.7 Å². The van der Waals surface area contributed by atoms with Crippen LogP contribution in [-0.4, -0.2) is 42.3 Å². The maximum absolute atomic E-state index is 12.2. The van der Waals surface area contributed by atoms with E-state index in [1.807, 2.05) is 66.0 Å².